The van der Waals surface area contributed by atoms with Crippen LogP contribution < -0.4 is 4.90 Å². The first kappa shape index (κ1) is 36.6. The number of carboxylic acids is 1. The number of piperidine rings is 2. The van der Waals surface area contributed by atoms with E-state index in [9.17, 15) is 18.3 Å². The predicted octanol–water partition coefficient (Wildman–Crippen LogP) is 6.51. The summed E-state index contributed by atoms with van der Waals surface area (Å²) in [4.78, 5) is 37.4. The summed E-state index contributed by atoms with van der Waals surface area (Å²) in [6.45, 7) is 4.41. The molecule has 4 aromatic heterocycles. The quantitative estimate of drug-likeness (QED) is 0.164. The number of H-pyrrole nitrogens is 1. The first-order valence-corrected chi connectivity index (χ1v) is 17.7. The number of halogens is 3. The lowest BCUT2D eigenvalue weighted by molar-refractivity contribution is -0.192. The number of pyridine rings is 2. The van der Waals surface area contributed by atoms with E-state index in [0.29, 0.717) is 23.3 Å². The highest BCUT2D eigenvalue weighted by Gasteiger charge is 2.38. The molecule has 3 N–H and O–H groups in total. The Kier molecular flexibility index (Phi) is 10.9. The van der Waals surface area contributed by atoms with Gasteiger partial charge in [-0.25, -0.2) is 19.7 Å². The van der Waals surface area contributed by atoms with E-state index < -0.39 is 12.1 Å². The molecule has 2 aliphatic rings. The molecule has 0 saturated carbocycles. The molecule has 15 heteroatoms. The maximum atomic E-state index is 10.6. The van der Waals surface area contributed by atoms with Crippen molar-refractivity contribution in [3.05, 3.63) is 103 Å². The number of alkyl halides is 3. The van der Waals surface area contributed by atoms with Crippen LogP contribution in [0.2, 0.25) is 0 Å². The van der Waals surface area contributed by atoms with Crippen molar-refractivity contribution in [3.8, 4) is 33.9 Å². The normalized spacial score (nSPS) is 15.9. The SMILES string of the molecule is O=C(O)C(F)(F)F.OC1CCN(c2ncc3cc(-c4ccccc4)c(-c4ccc(CN5CCC(c6nc(-c7ccccn7)n[nH]6)CC5)cc4)nc3n2)CC1. The lowest BCUT2D eigenvalue weighted by Crippen LogP contribution is -2.36. The van der Waals surface area contributed by atoms with Gasteiger partial charge in [0, 0.05) is 54.5 Å². The Hall–Kier alpha value is -5.80. The fourth-order valence-corrected chi connectivity index (χ4v) is 6.69. The molecule has 0 spiro atoms. The molecule has 0 bridgehead atoms. The highest BCUT2D eigenvalue weighted by Crippen LogP contribution is 2.34. The second kappa shape index (κ2) is 16.1. The Morgan fingerprint density at radius 3 is 2.20 bits per heavy atom. The van der Waals surface area contributed by atoms with Gasteiger partial charge in [-0.2, -0.15) is 23.3 Å². The number of fused-ring (bicyclic) bond motifs is 1. The third-order valence-electron chi connectivity index (χ3n) is 9.64. The van der Waals surface area contributed by atoms with Crippen molar-refractivity contribution in [1.82, 2.24) is 40.0 Å². The van der Waals surface area contributed by atoms with E-state index in [0.717, 1.165) is 97.7 Å². The highest BCUT2D eigenvalue weighted by atomic mass is 19.4. The van der Waals surface area contributed by atoms with E-state index in [1.807, 2.05) is 30.5 Å². The number of aromatic amines is 1. The fraction of sp³-hybridized carbons (Fsp3) is 0.308. The minimum Gasteiger partial charge on any atom is -0.475 e. The van der Waals surface area contributed by atoms with E-state index in [2.05, 4.69) is 84.6 Å². The van der Waals surface area contributed by atoms with Gasteiger partial charge in [0.1, 0.15) is 11.5 Å². The molecule has 6 aromatic rings. The molecule has 0 aliphatic carbocycles. The number of rotatable bonds is 7. The number of carboxylic acid groups (broad SMARTS) is 1. The number of nitrogens with zero attached hydrogens (tertiary/aromatic N) is 8. The van der Waals surface area contributed by atoms with Crippen molar-refractivity contribution in [1.29, 1.82) is 0 Å². The van der Waals surface area contributed by atoms with Crippen molar-refractivity contribution in [3.63, 3.8) is 0 Å². The summed E-state index contributed by atoms with van der Waals surface area (Å²) in [5.74, 6) is -0.0901. The summed E-state index contributed by atoms with van der Waals surface area (Å²) >= 11 is 0. The number of anilines is 1. The molecule has 6 heterocycles. The Morgan fingerprint density at radius 1 is 0.833 bits per heavy atom. The van der Waals surface area contributed by atoms with Crippen LogP contribution in [0.25, 0.3) is 44.9 Å². The largest absolute Gasteiger partial charge is 0.490 e. The van der Waals surface area contributed by atoms with Crippen LogP contribution in [0.4, 0.5) is 19.1 Å². The van der Waals surface area contributed by atoms with Gasteiger partial charge in [0.15, 0.2) is 11.5 Å². The zero-order valence-electron chi connectivity index (χ0n) is 29.2. The van der Waals surface area contributed by atoms with E-state index in [1.165, 1.54) is 5.56 Å². The number of aliphatic carboxylic acids is 1. The van der Waals surface area contributed by atoms with Gasteiger partial charge in [0.25, 0.3) is 0 Å². The third kappa shape index (κ3) is 8.69. The molecule has 2 fully saturated rings. The van der Waals surface area contributed by atoms with Gasteiger partial charge in [-0.15, -0.1) is 0 Å². The monoisotopic (exact) mass is 737 g/mol. The third-order valence-corrected chi connectivity index (χ3v) is 9.64. The summed E-state index contributed by atoms with van der Waals surface area (Å²) in [5, 5.41) is 25.6. The second-order valence-corrected chi connectivity index (χ2v) is 13.4. The van der Waals surface area contributed by atoms with Crippen LogP contribution in [0, 0.1) is 0 Å². The summed E-state index contributed by atoms with van der Waals surface area (Å²) < 4.78 is 31.7. The van der Waals surface area contributed by atoms with Crippen LogP contribution >= 0.6 is 0 Å². The van der Waals surface area contributed by atoms with E-state index in [-0.39, 0.29) is 6.10 Å². The zero-order valence-corrected chi connectivity index (χ0v) is 29.2. The summed E-state index contributed by atoms with van der Waals surface area (Å²) in [6.07, 6.45) is 1.85. The summed E-state index contributed by atoms with van der Waals surface area (Å²) in [7, 11) is 0. The average Bonchev–Trinajstić information content (AvgIpc) is 3.69. The minimum atomic E-state index is -5.08. The van der Waals surface area contributed by atoms with Crippen LogP contribution in [0.15, 0.2) is 91.3 Å². The molecular formula is C39H38F3N9O3. The van der Waals surface area contributed by atoms with Gasteiger partial charge in [-0.05, 0) is 68.1 Å². The summed E-state index contributed by atoms with van der Waals surface area (Å²) in [6, 6.07) is 27.2. The molecule has 0 radical (unpaired) electrons. The Morgan fingerprint density at radius 2 is 1.54 bits per heavy atom. The molecule has 2 aromatic carbocycles. The number of likely N-dealkylation sites (tertiary alicyclic amines) is 1. The average molecular weight is 738 g/mol. The standard InChI is InChI=1S/C37H37N9O.C2HF3O2/c47-30-15-20-46(21-16-30)37-39-23-29-22-31(26-6-2-1-3-7-26)33(40-34(29)42-37)27-11-9-25(10-12-27)24-45-18-13-28(14-19-45)35-41-36(44-43-35)32-8-4-5-17-38-32;3-2(4,5)1(6)7/h1-12,17,22-23,28,30,47H,13-16,18-21,24H2,(H,41,43,44);(H,6,7). The molecule has 2 aliphatic heterocycles. The zero-order chi connectivity index (χ0) is 37.7. The van der Waals surface area contributed by atoms with Crippen LogP contribution in [0.5, 0.6) is 0 Å². The van der Waals surface area contributed by atoms with Gasteiger partial charge in [-0.3, -0.25) is 15.0 Å². The van der Waals surface area contributed by atoms with Gasteiger partial charge in [-0.1, -0.05) is 60.7 Å². The molecular weight excluding hydrogens is 699 g/mol. The van der Waals surface area contributed by atoms with Crippen LogP contribution in [0.3, 0.4) is 0 Å². The number of carbonyl (C=O) groups is 1. The second-order valence-electron chi connectivity index (χ2n) is 13.4. The van der Waals surface area contributed by atoms with Crippen molar-refractivity contribution in [2.45, 2.75) is 50.4 Å². The number of hydrogen-bond acceptors (Lipinski definition) is 10. The molecule has 0 unspecified atom stereocenters. The van der Waals surface area contributed by atoms with E-state index in [1.54, 1.807) is 6.20 Å². The lowest BCUT2D eigenvalue weighted by Gasteiger charge is -2.31. The smallest absolute Gasteiger partial charge is 0.475 e. The minimum absolute atomic E-state index is 0.245. The number of aromatic nitrogens is 7. The number of aliphatic hydroxyl groups is 1. The van der Waals surface area contributed by atoms with Crippen LogP contribution in [-0.2, 0) is 11.3 Å². The number of hydrogen-bond donors (Lipinski definition) is 3. The van der Waals surface area contributed by atoms with Crippen molar-refractivity contribution >= 4 is 23.0 Å². The fourth-order valence-electron chi connectivity index (χ4n) is 6.69. The Labute approximate surface area is 308 Å². The molecule has 0 amide bonds. The van der Waals surface area contributed by atoms with Gasteiger partial charge in [0.2, 0.25) is 5.95 Å². The van der Waals surface area contributed by atoms with E-state index in [4.69, 9.17) is 24.9 Å². The Bertz CT molecular complexity index is 2170. The number of aliphatic hydroxyl groups excluding tert-OH is 1. The van der Waals surface area contributed by atoms with Crippen LogP contribution in [-0.4, -0.2) is 94.7 Å². The lowest BCUT2D eigenvalue weighted by atomic mass is 9.95. The first-order chi connectivity index (χ1) is 26.1. The number of benzene rings is 2. The Balaban J connectivity index is 0.000000588. The molecule has 12 nitrogen and oxygen atoms in total. The van der Waals surface area contributed by atoms with Gasteiger partial charge >= 0.3 is 12.1 Å². The van der Waals surface area contributed by atoms with Gasteiger partial charge in [0.05, 0.1) is 11.8 Å². The molecule has 54 heavy (non-hydrogen) atoms. The van der Waals surface area contributed by atoms with Crippen molar-refractivity contribution < 1.29 is 28.2 Å². The van der Waals surface area contributed by atoms with Crippen molar-refractivity contribution in [2.75, 3.05) is 31.1 Å². The van der Waals surface area contributed by atoms with Crippen molar-refractivity contribution in [2.24, 2.45) is 0 Å². The highest BCUT2D eigenvalue weighted by molar-refractivity contribution is 5.90. The topological polar surface area (TPSA) is 157 Å². The van der Waals surface area contributed by atoms with E-state index >= 15 is 0 Å². The van der Waals surface area contributed by atoms with Gasteiger partial charge < -0.3 is 15.1 Å². The molecule has 2 saturated heterocycles. The maximum absolute atomic E-state index is 10.6. The maximum Gasteiger partial charge on any atom is 0.490 e. The van der Waals surface area contributed by atoms with Crippen LogP contribution in [0.1, 0.15) is 43.0 Å². The molecule has 8 rings (SSSR count). The molecule has 0 atom stereocenters. The summed E-state index contributed by atoms with van der Waals surface area (Å²) in [5.41, 5.74) is 6.89. The number of nitrogens with one attached hydrogen (secondary N) is 1. The first-order valence-electron chi connectivity index (χ1n) is 17.7. The molecule has 278 valence electrons. The predicted molar refractivity (Wildman–Crippen MR) is 196 cm³/mol.